The second-order valence-corrected chi connectivity index (χ2v) is 8.43. The number of hydrazine groups is 1. The number of rotatable bonds is 6. The molecule has 34 heavy (non-hydrogen) atoms. The molecule has 3 amide bonds. The summed E-state index contributed by atoms with van der Waals surface area (Å²) in [6.07, 6.45) is 0. The predicted molar refractivity (Wildman–Crippen MR) is 132 cm³/mol. The summed E-state index contributed by atoms with van der Waals surface area (Å²) in [5, 5.41) is 3.27. The minimum Gasteiger partial charge on any atom is -0.343 e. The number of nitrogens with one attached hydrogen (secondary N) is 3. The number of amides is 3. The number of hydrogen-bond donors (Lipinski definition) is 3. The van der Waals surface area contributed by atoms with Gasteiger partial charge in [0.15, 0.2) is 0 Å². The van der Waals surface area contributed by atoms with Crippen LogP contribution in [0.25, 0.3) is 21.7 Å². The first-order valence-electron chi connectivity index (χ1n) is 10.6. The number of aromatic nitrogens is 1. The van der Waals surface area contributed by atoms with Crippen LogP contribution in [-0.4, -0.2) is 29.3 Å². The fourth-order valence-corrected chi connectivity index (χ4v) is 4.21. The molecule has 0 aliphatic heterocycles. The lowest BCUT2D eigenvalue weighted by Gasteiger charge is -2.08. The van der Waals surface area contributed by atoms with E-state index < -0.39 is 11.8 Å². The van der Waals surface area contributed by atoms with E-state index in [1.54, 1.807) is 19.1 Å². The Kier molecular flexibility index (Phi) is 7.10. The van der Waals surface area contributed by atoms with E-state index in [9.17, 15) is 14.4 Å². The number of thiazole rings is 1. The maximum atomic E-state index is 12.5. The molecule has 0 bridgehead atoms. The number of carbonyl (C=O) groups is 3. The minimum absolute atomic E-state index is 0.281. The van der Waals surface area contributed by atoms with Gasteiger partial charge in [0.25, 0.3) is 17.7 Å². The van der Waals surface area contributed by atoms with E-state index in [0.717, 1.165) is 21.7 Å². The van der Waals surface area contributed by atoms with Crippen molar-refractivity contribution < 1.29 is 14.4 Å². The molecule has 0 saturated carbocycles. The molecule has 0 atom stereocenters. The zero-order chi connectivity index (χ0) is 23.9. The van der Waals surface area contributed by atoms with Gasteiger partial charge in [-0.2, -0.15) is 0 Å². The van der Waals surface area contributed by atoms with Crippen LogP contribution in [0.1, 0.15) is 25.7 Å². The molecular formula is C26H22N4O3S. The highest BCUT2D eigenvalue weighted by atomic mass is 32.1. The molecule has 0 spiro atoms. The van der Waals surface area contributed by atoms with Crippen LogP contribution in [-0.2, 0) is 4.79 Å². The van der Waals surface area contributed by atoms with Gasteiger partial charge in [-0.1, -0.05) is 72.8 Å². The zero-order valence-corrected chi connectivity index (χ0v) is 19.2. The van der Waals surface area contributed by atoms with Gasteiger partial charge in [-0.15, -0.1) is 11.3 Å². The molecule has 7 nitrogen and oxygen atoms in total. The summed E-state index contributed by atoms with van der Waals surface area (Å²) in [5.41, 5.74) is 8.66. The number of nitrogens with zero attached hydrogens (tertiary/aromatic N) is 1. The molecule has 0 unspecified atom stereocenters. The predicted octanol–water partition coefficient (Wildman–Crippen LogP) is 3.98. The van der Waals surface area contributed by atoms with Crippen molar-refractivity contribution in [3.05, 3.63) is 101 Å². The smallest absolute Gasteiger partial charge is 0.281 e. The van der Waals surface area contributed by atoms with E-state index in [2.05, 4.69) is 21.2 Å². The van der Waals surface area contributed by atoms with Crippen molar-refractivity contribution in [2.45, 2.75) is 6.92 Å². The van der Waals surface area contributed by atoms with Gasteiger partial charge in [-0.05, 0) is 30.2 Å². The zero-order valence-electron chi connectivity index (χ0n) is 18.4. The molecule has 0 aliphatic rings. The van der Waals surface area contributed by atoms with Crippen LogP contribution in [0.3, 0.4) is 0 Å². The highest BCUT2D eigenvalue weighted by Crippen LogP contribution is 2.27. The van der Waals surface area contributed by atoms with Crippen molar-refractivity contribution in [2.24, 2.45) is 0 Å². The number of hydrogen-bond acceptors (Lipinski definition) is 5. The maximum absolute atomic E-state index is 12.5. The van der Waals surface area contributed by atoms with E-state index in [1.807, 2.05) is 72.8 Å². The Bertz CT molecular complexity index is 1300. The second-order valence-electron chi connectivity index (χ2n) is 7.43. The number of aryl methyl sites for hydroxylation is 1. The standard InChI is InChI=1S/C26H22N4O3S/c1-17-23(34-26(28-17)21-10-6-3-7-11-21)25(33)30-29-22(31)16-27-24(32)20-14-12-19(13-15-20)18-8-4-2-5-9-18/h2-15H,16H2,1H3,(H,27,32)(H,29,31)(H,30,33). The van der Waals surface area contributed by atoms with Gasteiger partial charge in [0.2, 0.25) is 0 Å². The van der Waals surface area contributed by atoms with E-state index in [4.69, 9.17) is 0 Å². The average Bonchev–Trinajstić information content (AvgIpc) is 3.28. The van der Waals surface area contributed by atoms with Crippen LogP contribution >= 0.6 is 11.3 Å². The van der Waals surface area contributed by atoms with Crippen molar-refractivity contribution in [3.63, 3.8) is 0 Å². The van der Waals surface area contributed by atoms with E-state index in [1.165, 1.54) is 11.3 Å². The van der Waals surface area contributed by atoms with Gasteiger partial charge in [0.05, 0.1) is 12.2 Å². The third-order valence-electron chi connectivity index (χ3n) is 5.00. The summed E-state index contributed by atoms with van der Waals surface area (Å²) < 4.78 is 0. The molecule has 8 heteroatoms. The highest BCUT2D eigenvalue weighted by molar-refractivity contribution is 7.17. The lowest BCUT2D eigenvalue weighted by molar-refractivity contribution is -0.120. The van der Waals surface area contributed by atoms with E-state index in [-0.39, 0.29) is 12.5 Å². The van der Waals surface area contributed by atoms with Crippen LogP contribution in [0.15, 0.2) is 84.9 Å². The lowest BCUT2D eigenvalue weighted by Crippen LogP contribution is -2.46. The molecule has 0 radical (unpaired) electrons. The van der Waals surface area contributed by atoms with Crippen molar-refractivity contribution in [2.75, 3.05) is 6.54 Å². The fourth-order valence-electron chi connectivity index (χ4n) is 3.25. The molecule has 0 saturated heterocycles. The molecule has 1 aromatic heterocycles. The first-order chi connectivity index (χ1) is 16.5. The monoisotopic (exact) mass is 470 g/mol. The van der Waals surface area contributed by atoms with Crippen molar-refractivity contribution in [3.8, 4) is 21.7 Å². The quantitative estimate of drug-likeness (QED) is 0.371. The SMILES string of the molecule is Cc1nc(-c2ccccc2)sc1C(=O)NNC(=O)CNC(=O)c1ccc(-c2ccccc2)cc1. The van der Waals surface area contributed by atoms with Crippen LogP contribution in [0.5, 0.6) is 0 Å². The topological polar surface area (TPSA) is 100 Å². The Balaban J connectivity index is 1.27. The lowest BCUT2D eigenvalue weighted by atomic mass is 10.0. The van der Waals surface area contributed by atoms with Crippen LogP contribution in [0, 0.1) is 6.92 Å². The summed E-state index contributed by atoms with van der Waals surface area (Å²) in [7, 11) is 0. The molecule has 1 heterocycles. The third kappa shape index (κ3) is 5.54. The van der Waals surface area contributed by atoms with E-state index in [0.29, 0.717) is 16.1 Å². The fraction of sp³-hybridized carbons (Fsp3) is 0.0769. The van der Waals surface area contributed by atoms with Crippen LogP contribution in [0.4, 0.5) is 0 Å². The van der Waals surface area contributed by atoms with Gasteiger partial charge >= 0.3 is 0 Å². The van der Waals surface area contributed by atoms with Crippen LogP contribution < -0.4 is 16.2 Å². The molecule has 4 rings (SSSR count). The Labute approximate surface area is 200 Å². The molecule has 3 N–H and O–H groups in total. The molecular weight excluding hydrogens is 448 g/mol. The summed E-state index contributed by atoms with van der Waals surface area (Å²) >= 11 is 1.24. The minimum atomic E-state index is -0.548. The van der Waals surface area contributed by atoms with Gasteiger partial charge in [0, 0.05) is 11.1 Å². The summed E-state index contributed by atoms with van der Waals surface area (Å²) in [4.78, 5) is 41.8. The number of carbonyl (C=O) groups excluding carboxylic acids is 3. The Morgan fingerprint density at radius 3 is 1.97 bits per heavy atom. The molecule has 3 aromatic carbocycles. The third-order valence-corrected chi connectivity index (χ3v) is 6.21. The molecule has 0 aliphatic carbocycles. The average molecular weight is 471 g/mol. The highest BCUT2D eigenvalue weighted by Gasteiger charge is 2.17. The Morgan fingerprint density at radius 1 is 0.735 bits per heavy atom. The van der Waals surface area contributed by atoms with Gasteiger partial charge in [-0.3, -0.25) is 25.2 Å². The first kappa shape index (κ1) is 22.9. The van der Waals surface area contributed by atoms with Crippen molar-refractivity contribution >= 4 is 29.1 Å². The van der Waals surface area contributed by atoms with Crippen molar-refractivity contribution in [1.82, 2.24) is 21.2 Å². The largest absolute Gasteiger partial charge is 0.343 e. The number of benzene rings is 3. The Hall–Kier alpha value is -4.30. The summed E-state index contributed by atoms with van der Waals surface area (Å²) in [6.45, 7) is 1.46. The van der Waals surface area contributed by atoms with Gasteiger partial charge in [0.1, 0.15) is 9.88 Å². The first-order valence-corrected chi connectivity index (χ1v) is 11.4. The molecule has 170 valence electrons. The summed E-state index contributed by atoms with van der Waals surface area (Å²) in [5.74, 6) is -1.40. The molecule has 4 aromatic rings. The summed E-state index contributed by atoms with van der Waals surface area (Å²) in [6, 6.07) is 26.5. The normalized spacial score (nSPS) is 10.4. The Morgan fingerprint density at radius 2 is 1.32 bits per heavy atom. The van der Waals surface area contributed by atoms with E-state index >= 15 is 0 Å². The second kappa shape index (κ2) is 10.5. The van der Waals surface area contributed by atoms with Gasteiger partial charge < -0.3 is 5.32 Å². The molecule has 0 fully saturated rings. The maximum Gasteiger partial charge on any atom is 0.281 e. The van der Waals surface area contributed by atoms with Gasteiger partial charge in [-0.25, -0.2) is 4.98 Å². The van der Waals surface area contributed by atoms with Crippen LogP contribution in [0.2, 0.25) is 0 Å². The van der Waals surface area contributed by atoms with Crippen molar-refractivity contribution in [1.29, 1.82) is 0 Å².